The van der Waals surface area contributed by atoms with Gasteiger partial charge in [0.05, 0.1) is 5.70 Å². The molecular weight excluding hydrogens is 154 g/mol. The zero-order valence-electron chi connectivity index (χ0n) is 6.76. The summed E-state index contributed by atoms with van der Waals surface area (Å²) in [7, 11) is 0. The largest absolute Gasteiger partial charge is 0.323 e. The predicted molar refractivity (Wildman–Crippen MR) is 45.2 cm³/mol. The molecule has 0 heterocycles. The number of nitrogens with one attached hydrogen (secondary N) is 1. The summed E-state index contributed by atoms with van der Waals surface area (Å²) in [6, 6.07) is 0. The third-order valence-electron chi connectivity index (χ3n) is 1.35. The van der Waals surface area contributed by atoms with Crippen LogP contribution in [0.25, 0.3) is 0 Å². The molecule has 1 N–H and O–H groups in total. The highest BCUT2D eigenvalue weighted by Crippen LogP contribution is 2.08. The third-order valence-corrected chi connectivity index (χ3v) is 1.35. The summed E-state index contributed by atoms with van der Waals surface area (Å²) in [5, 5.41) is 2.42. The first-order chi connectivity index (χ1) is 5.59. The van der Waals surface area contributed by atoms with E-state index in [1.165, 1.54) is 13.0 Å². The number of allylic oxidation sites excluding steroid dienone is 4. The van der Waals surface area contributed by atoms with Gasteiger partial charge in [0.25, 0.3) is 0 Å². The van der Waals surface area contributed by atoms with Crippen LogP contribution in [-0.4, -0.2) is 11.7 Å². The van der Waals surface area contributed by atoms with Crippen molar-refractivity contribution < 1.29 is 9.59 Å². The predicted octanol–water partition coefficient (Wildman–Crippen LogP) is 0.701. The quantitative estimate of drug-likeness (QED) is 0.618. The monoisotopic (exact) mass is 163 g/mol. The SMILES string of the molecule is C=C1C=CC(=O)C(NC(C)=O)=C1. The Hall–Kier alpha value is -1.64. The van der Waals surface area contributed by atoms with Crippen molar-refractivity contribution in [2.45, 2.75) is 6.92 Å². The van der Waals surface area contributed by atoms with E-state index in [1.54, 1.807) is 12.2 Å². The number of ketones is 1. The number of hydrogen-bond donors (Lipinski definition) is 1. The van der Waals surface area contributed by atoms with Gasteiger partial charge in [-0.2, -0.15) is 0 Å². The van der Waals surface area contributed by atoms with Crippen LogP contribution in [0.4, 0.5) is 0 Å². The molecule has 0 aromatic heterocycles. The van der Waals surface area contributed by atoms with Gasteiger partial charge in [-0.3, -0.25) is 9.59 Å². The van der Waals surface area contributed by atoms with Gasteiger partial charge in [0.2, 0.25) is 11.7 Å². The molecule has 0 spiro atoms. The molecule has 1 aliphatic carbocycles. The molecule has 12 heavy (non-hydrogen) atoms. The Morgan fingerprint density at radius 2 is 2.17 bits per heavy atom. The number of hydrogen-bond acceptors (Lipinski definition) is 2. The molecule has 0 saturated heterocycles. The maximum atomic E-state index is 11.1. The zero-order chi connectivity index (χ0) is 9.14. The lowest BCUT2D eigenvalue weighted by atomic mass is 10.1. The van der Waals surface area contributed by atoms with Gasteiger partial charge >= 0.3 is 0 Å². The van der Waals surface area contributed by atoms with Gasteiger partial charge in [-0.15, -0.1) is 0 Å². The van der Waals surface area contributed by atoms with Crippen molar-refractivity contribution in [3.63, 3.8) is 0 Å². The molecule has 0 bridgehead atoms. The Labute approximate surface area is 70.5 Å². The van der Waals surface area contributed by atoms with E-state index in [0.29, 0.717) is 5.57 Å². The van der Waals surface area contributed by atoms with Crippen LogP contribution in [0.5, 0.6) is 0 Å². The maximum absolute atomic E-state index is 11.1. The minimum absolute atomic E-state index is 0.197. The lowest BCUT2D eigenvalue weighted by molar-refractivity contribution is -0.120. The minimum Gasteiger partial charge on any atom is -0.323 e. The summed E-state index contributed by atoms with van der Waals surface area (Å²) in [5.74, 6) is -0.449. The Bertz CT molecular complexity index is 310. The highest BCUT2D eigenvalue weighted by molar-refractivity contribution is 6.07. The second kappa shape index (κ2) is 3.17. The fourth-order valence-corrected chi connectivity index (χ4v) is 0.864. The van der Waals surface area contributed by atoms with Crippen LogP contribution in [0, 0.1) is 0 Å². The van der Waals surface area contributed by atoms with Gasteiger partial charge in [0, 0.05) is 6.92 Å². The first-order valence-electron chi connectivity index (χ1n) is 3.50. The lowest BCUT2D eigenvalue weighted by Gasteiger charge is -2.07. The van der Waals surface area contributed by atoms with Gasteiger partial charge in [0.15, 0.2) is 0 Å². The van der Waals surface area contributed by atoms with Crippen LogP contribution in [0.2, 0.25) is 0 Å². The molecule has 0 unspecified atom stereocenters. The van der Waals surface area contributed by atoms with Gasteiger partial charge in [-0.05, 0) is 17.7 Å². The van der Waals surface area contributed by atoms with E-state index < -0.39 is 0 Å². The summed E-state index contributed by atoms with van der Waals surface area (Å²) < 4.78 is 0. The summed E-state index contributed by atoms with van der Waals surface area (Å²) in [6.45, 7) is 5.00. The average molecular weight is 163 g/mol. The van der Waals surface area contributed by atoms with Crippen LogP contribution in [0.3, 0.4) is 0 Å². The van der Waals surface area contributed by atoms with E-state index in [2.05, 4.69) is 11.9 Å². The molecular formula is C9H9NO2. The van der Waals surface area contributed by atoms with Crippen molar-refractivity contribution in [3.05, 3.63) is 36.1 Å². The van der Waals surface area contributed by atoms with E-state index in [1.807, 2.05) is 0 Å². The van der Waals surface area contributed by atoms with Gasteiger partial charge in [-0.1, -0.05) is 12.7 Å². The van der Waals surface area contributed by atoms with Crippen molar-refractivity contribution >= 4 is 11.7 Å². The minimum atomic E-state index is -0.252. The van der Waals surface area contributed by atoms with Crippen LogP contribution in [-0.2, 0) is 9.59 Å². The summed E-state index contributed by atoms with van der Waals surface area (Å²) >= 11 is 0. The molecule has 1 rings (SSSR count). The molecule has 0 atom stereocenters. The van der Waals surface area contributed by atoms with E-state index in [-0.39, 0.29) is 17.4 Å². The molecule has 0 aromatic carbocycles. The Balaban J connectivity index is 2.81. The van der Waals surface area contributed by atoms with Crippen LogP contribution < -0.4 is 5.32 Å². The fraction of sp³-hybridized carbons (Fsp3) is 0.111. The number of amides is 1. The number of carbonyl (C=O) groups is 2. The average Bonchev–Trinajstić information content (AvgIpc) is 1.96. The molecule has 0 aliphatic heterocycles. The molecule has 62 valence electrons. The van der Waals surface area contributed by atoms with Gasteiger partial charge in [0.1, 0.15) is 0 Å². The highest BCUT2D eigenvalue weighted by atomic mass is 16.2. The summed E-state index contributed by atoms with van der Waals surface area (Å²) in [5.41, 5.74) is 0.994. The Kier molecular flexibility index (Phi) is 2.24. The first-order valence-corrected chi connectivity index (χ1v) is 3.50. The van der Waals surface area contributed by atoms with Crippen molar-refractivity contribution in [2.24, 2.45) is 0 Å². The van der Waals surface area contributed by atoms with Crippen LogP contribution in [0.1, 0.15) is 6.92 Å². The molecule has 0 aromatic rings. The van der Waals surface area contributed by atoms with Crippen molar-refractivity contribution in [1.29, 1.82) is 0 Å². The highest BCUT2D eigenvalue weighted by Gasteiger charge is 2.10. The van der Waals surface area contributed by atoms with Crippen molar-refractivity contribution in [3.8, 4) is 0 Å². The zero-order valence-corrected chi connectivity index (χ0v) is 6.76. The summed E-state index contributed by atoms with van der Waals surface area (Å²) in [6.07, 6.45) is 4.53. The Morgan fingerprint density at radius 3 is 2.75 bits per heavy atom. The second-order valence-electron chi connectivity index (χ2n) is 2.51. The van der Waals surface area contributed by atoms with E-state index in [4.69, 9.17) is 0 Å². The lowest BCUT2D eigenvalue weighted by Crippen LogP contribution is -2.25. The first kappa shape index (κ1) is 8.46. The molecule has 1 aliphatic rings. The smallest absolute Gasteiger partial charge is 0.221 e. The molecule has 1 amide bonds. The summed E-state index contributed by atoms with van der Waals surface area (Å²) in [4.78, 5) is 21.7. The third kappa shape index (κ3) is 1.92. The van der Waals surface area contributed by atoms with E-state index in [0.717, 1.165) is 0 Å². The van der Waals surface area contributed by atoms with Gasteiger partial charge in [-0.25, -0.2) is 0 Å². The second-order valence-corrected chi connectivity index (χ2v) is 2.51. The molecule has 0 radical (unpaired) electrons. The van der Waals surface area contributed by atoms with Gasteiger partial charge < -0.3 is 5.32 Å². The van der Waals surface area contributed by atoms with Crippen molar-refractivity contribution in [2.75, 3.05) is 0 Å². The number of carbonyl (C=O) groups excluding carboxylic acids is 2. The standard InChI is InChI=1S/C9H9NO2/c1-6-3-4-9(12)8(5-6)10-7(2)11/h3-5H,1H2,2H3,(H,10,11). The van der Waals surface area contributed by atoms with Crippen LogP contribution >= 0.6 is 0 Å². The Morgan fingerprint density at radius 1 is 1.50 bits per heavy atom. The molecule has 3 heteroatoms. The number of rotatable bonds is 1. The van der Waals surface area contributed by atoms with E-state index in [9.17, 15) is 9.59 Å². The molecule has 3 nitrogen and oxygen atoms in total. The topological polar surface area (TPSA) is 46.2 Å². The molecule has 0 fully saturated rings. The van der Waals surface area contributed by atoms with E-state index >= 15 is 0 Å². The van der Waals surface area contributed by atoms with Crippen molar-refractivity contribution in [1.82, 2.24) is 5.32 Å². The molecule has 0 saturated carbocycles. The van der Waals surface area contributed by atoms with Crippen LogP contribution in [0.15, 0.2) is 36.1 Å². The maximum Gasteiger partial charge on any atom is 0.221 e. The normalized spacial score (nSPS) is 15.9. The fourth-order valence-electron chi connectivity index (χ4n) is 0.864.